The Bertz CT molecular complexity index is 1300. The number of hydrogen-bond donors (Lipinski definition) is 1. The monoisotopic (exact) mass is 445 g/mol. The van der Waals surface area contributed by atoms with Gasteiger partial charge in [0.1, 0.15) is 5.78 Å². The van der Waals surface area contributed by atoms with Crippen molar-refractivity contribution in [2.45, 2.75) is 26.2 Å². The van der Waals surface area contributed by atoms with Gasteiger partial charge in [-0.1, -0.05) is 29.8 Å². The molecule has 32 heavy (non-hydrogen) atoms. The maximum absolute atomic E-state index is 11.7. The molecule has 0 saturated heterocycles. The van der Waals surface area contributed by atoms with Crippen LogP contribution in [0.2, 0.25) is 5.02 Å². The van der Waals surface area contributed by atoms with E-state index in [0.717, 1.165) is 39.1 Å². The van der Waals surface area contributed by atoms with Crippen LogP contribution in [0, 0.1) is 0 Å². The molecule has 0 atom stereocenters. The van der Waals surface area contributed by atoms with Gasteiger partial charge in [-0.3, -0.25) is 10.1 Å². The summed E-state index contributed by atoms with van der Waals surface area (Å²) in [4.78, 5) is 32.7. The van der Waals surface area contributed by atoms with E-state index < -0.39 is 6.09 Å². The van der Waals surface area contributed by atoms with Crippen LogP contribution >= 0.6 is 11.6 Å². The molecule has 2 heterocycles. The second-order valence-corrected chi connectivity index (χ2v) is 8.27. The van der Waals surface area contributed by atoms with Crippen LogP contribution < -0.4 is 5.32 Å². The van der Waals surface area contributed by atoms with Crippen molar-refractivity contribution in [2.75, 3.05) is 11.9 Å². The number of amides is 1. The first-order chi connectivity index (χ1) is 15.5. The minimum atomic E-state index is -0.514. The number of Topliss-reactive ketones (excluding diaryl/α,β-unsaturated/α-hetero) is 1. The number of carbonyl (C=O) groups excluding carboxylic acids is 2. The van der Waals surface area contributed by atoms with E-state index in [1.807, 2.05) is 18.3 Å². The summed E-state index contributed by atoms with van der Waals surface area (Å²) >= 11 is 6.44. The zero-order chi connectivity index (χ0) is 22.2. The lowest BCUT2D eigenvalue weighted by Gasteiger charge is -2.09. The third-order valence-corrected chi connectivity index (χ3v) is 5.99. The van der Waals surface area contributed by atoms with Gasteiger partial charge in [0.05, 0.1) is 12.3 Å². The summed E-state index contributed by atoms with van der Waals surface area (Å²) in [7, 11) is 0. The molecule has 7 heteroatoms. The normalized spacial score (nSPS) is 14.1. The SMILES string of the molecule is CCOC(=O)Nc1ccc(Cl)c(C2=Nc3ncc(-c4ccc5c(c4)CC(=O)C5)cc3C2)c1. The standard InChI is InChI=1S/C25H20ClN3O3/c1-2-32-25(31)28-19-5-6-22(26)21(12-19)23-11-17-8-18(13-27-24(17)29-23)14-3-4-15-9-20(30)10-16(15)7-14/h3-8,12-13H,2,9-11H2,1H3,(H,28,31). The Kier molecular flexibility index (Phi) is 5.23. The molecule has 0 fully saturated rings. The molecule has 0 unspecified atom stereocenters. The van der Waals surface area contributed by atoms with E-state index in [9.17, 15) is 9.59 Å². The van der Waals surface area contributed by atoms with Gasteiger partial charge in [-0.25, -0.2) is 14.8 Å². The number of aromatic nitrogens is 1. The van der Waals surface area contributed by atoms with Crippen LogP contribution in [-0.2, 0) is 28.8 Å². The second kappa shape index (κ2) is 8.20. The highest BCUT2D eigenvalue weighted by Gasteiger charge is 2.22. The molecular weight excluding hydrogens is 426 g/mol. The predicted molar refractivity (Wildman–Crippen MR) is 124 cm³/mol. The van der Waals surface area contributed by atoms with Crippen LogP contribution in [0.15, 0.2) is 53.7 Å². The maximum Gasteiger partial charge on any atom is 0.411 e. The van der Waals surface area contributed by atoms with Crippen molar-refractivity contribution >= 4 is 40.7 Å². The number of ether oxygens (including phenoxy) is 1. The number of rotatable bonds is 4. The predicted octanol–water partition coefficient (Wildman–Crippen LogP) is 5.32. The molecule has 1 aliphatic carbocycles. The molecule has 2 aliphatic rings. The van der Waals surface area contributed by atoms with Gasteiger partial charge in [-0.05, 0) is 47.9 Å². The number of carbonyl (C=O) groups is 2. The molecule has 0 spiro atoms. The summed E-state index contributed by atoms with van der Waals surface area (Å²) in [5.41, 5.74) is 7.38. The highest BCUT2D eigenvalue weighted by Crippen LogP contribution is 2.34. The Labute approximate surface area is 190 Å². The molecule has 3 aromatic rings. The second-order valence-electron chi connectivity index (χ2n) is 7.86. The van der Waals surface area contributed by atoms with Gasteiger partial charge < -0.3 is 4.74 Å². The van der Waals surface area contributed by atoms with E-state index in [2.05, 4.69) is 27.4 Å². The molecule has 6 nitrogen and oxygen atoms in total. The van der Waals surface area contributed by atoms with Gasteiger partial charge in [0, 0.05) is 52.9 Å². The van der Waals surface area contributed by atoms with E-state index in [1.165, 1.54) is 0 Å². The summed E-state index contributed by atoms with van der Waals surface area (Å²) in [6.45, 7) is 2.05. The molecular formula is C25H20ClN3O3. The maximum atomic E-state index is 11.7. The Hall–Kier alpha value is -3.51. The number of anilines is 1. The van der Waals surface area contributed by atoms with Crippen LogP contribution in [0.4, 0.5) is 16.3 Å². The first kappa shape index (κ1) is 20.4. The number of fused-ring (bicyclic) bond motifs is 2. The first-order valence-corrected chi connectivity index (χ1v) is 10.8. The van der Waals surface area contributed by atoms with Crippen molar-refractivity contribution < 1.29 is 14.3 Å². The minimum Gasteiger partial charge on any atom is -0.450 e. The fraction of sp³-hybridized carbons (Fsp3) is 0.200. The quantitative estimate of drug-likeness (QED) is 0.589. The molecule has 1 amide bonds. The fourth-order valence-corrected chi connectivity index (χ4v) is 4.36. The Morgan fingerprint density at radius 3 is 2.69 bits per heavy atom. The number of halogens is 1. The molecule has 160 valence electrons. The number of hydrogen-bond acceptors (Lipinski definition) is 5. The summed E-state index contributed by atoms with van der Waals surface area (Å²) in [5, 5.41) is 3.25. The smallest absolute Gasteiger partial charge is 0.411 e. The molecule has 1 N–H and O–H groups in total. The zero-order valence-corrected chi connectivity index (χ0v) is 18.2. The van der Waals surface area contributed by atoms with Crippen molar-refractivity contribution in [1.82, 2.24) is 4.98 Å². The van der Waals surface area contributed by atoms with Crippen LogP contribution in [0.3, 0.4) is 0 Å². The van der Waals surface area contributed by atoms with E-state index >= 15 is 0 Å². The van der Waals surface area contributed by atoms with Crippen molar-refractivity contribution in [3.8, 4) is 11.1 Å². The van der Waals surface area contributed by atoms with E-state index in [-0.39, 0.29) is 5.78 Å². The summed E-state index contributed by atoms with van der Waals surface area (Å²) in [6.07, 6.45) is 2.91. The highest BCUT2D eigenvalue weighted by molar-refractivity contribution is 6.34. The molecule has 1 aliphatic heterocycles. The number of benzene rings is 2. The van der Waals surface area contributed by atoms with Crippen LogP contribution in [0.25, 0.3) is 11.1 Å². The summed E-state index contributed by atoms with van der Waals surface area (Å²) in [5.74, 6) is 0.929. The summed E-state index contributed by atoms with van der Waals surface area (Å²) < 4.78 is 4.94. The van der Waals surface area contributed by atoms with Crippen molar-refractivity contribution in [2.24, 2.45) is 4.99 Å². The van der Waals surface area contributed by atoms with Gasteiger partial charge in [-0.15, -0.1) is 0 Å². The van der Waals surface area contributed by atoms with Crippen molar-refractivity contribution in [3.63, 3.8) is 0 Å². The molecule has 0 bridgehead atoms. The third-order valence-electron chi connectivity index (χ3n) is 5.66. The third kappa shape index (κ3) is 3.89. The molecule has 0 radical (unpaired) electrons. The van der Waals surface area contributed by atoms with Gasteiger partial charge in [0.15, 0.2) is 5.82 Å². The molecule has 1 aromatic heterocycles. The number of nitrogens with one attached hydrogen (secondary N) is 1. The van der Waals surface area contributed by atoms with Crippen LogP contribution in [0.1, 0.15) is 29.2 Å². The van der Waals surface area contributed by atoms with Crippen molar-refractivity contribution in [1.29, 1.82) is 0 Å². The number of pyridine rings is 1. The van der Waals surface area contributed by atoms with Crippen LogP contribution in [0.5, 0.6) is 0 Å². The molecule has 5 rings (SSSR count). The Balaban J connectivity index is 1.39. The number of nitrogens with zero attached hydrogens (tertiary/aromatic N) is 2. The van der Waals surface area contributed by atoms with Gasteiger partial charge in [0.25, 0.3) is 0 Å². The zero-order valence-electron chi connectivity index (χ0n) is 17.4. The van der Waals surface area contributed by atoms with Gasteiger partial charge >= 0.3 is 6.09 Å². The van der Waals surface area contributed by atoms with Gasteiger partial charge in [0.2, 0.25) is 0 Å². The number of ketones is 1. The first-order valence-electron chi connectivity index (χ1n) is 10.4. The van der Waals surface area contributed by atoms with Gasteiger partial charge in [-0.2, -0.15) is 0 Å². The molecule has 0 saturated carbocycles. The topological polar surface area (TPSA) is 80.7 Å². The number of aliphatic imine (C=N–C) groups is 1. The Morgan fingerprint density at radius 1 is 1.03 bits per heavy atom. The lowest BCUT2D eigenvalue weighted by molar-refractivity contribution is -0.117. The largest absolute Gasteiger partial charge is 0.450 e. The lowest BCUT2D eigenvalue weighted by Crippen LogP contribution is -2.14. The average Bonchev–Trinajstić information content (AvgIpc) is 3.36. The molecule has 2 aromatic carbocycles. The van der Waals surface area contributed by atoms with E-state index in [4.69, 9.17) is 16.3 Å². The van der Waals surface area contributed by atoms with Crippen LogP contribution in [-0.4, -0.2) is 29.2 Å². The fourth-order valence-electron chi connectivity index (χ4n) is 4.13. The Morgan fingerprint density at radius 2 is 1.84 bits per heavy atom. The lowest BCUT2D eigenvalue weighted by atomic mass is 9.99. The van der Waals surface area contributed by atoms with E-state index in [0.29, 0.717) is 42.4 Å². The van der Waals surface area contributed by atoms with Crippen molar-refractivity contribution in [3.05, 3.63) is 75.9 Å². The highest BCUT2D eigenvalue weighted by atomic mass is 35.5. The minimum absolute atomic E-state index is 0.263. The summed E-state index contributed by atoms with van der Waals surface area (Å²) in [6, 6.07) is 13.5. The average molecular weight is 446 g/mol. The van der Waals surface area contributed by atoms with E-state index in [1.54, 1.807) is 25.1 Å².